The van der Waals surface area contributed by atoms with E-state index in [2.05, 4.69) is 10.2 Å². The highest BCUT2D eigenvalue weighted by Gasteiger charge is 2.26. The second-order valence-electron chi connectivity index (χ2n) is 6.97. The van der Waals surface area contributed by atoms with Crippen LogP contribution in [-0.4, -0.2) is 68.3 Å². The molecular weight excluding hydrogens is 278 g/mol. The molecule has 0 unspecified atom stereocenters. The highest BCUT2D eigenvalue weighted by molar-refractivity contribution is 5.74. The van der Waals surface area contributed by atoms with Crippen LogP contribution in [0.2, 0.25) is 0 Å². The molecule has 5 nitrogen and oxygen atoms in total. The van der Waals surface area contributed by atoms with E-state index < -0.39 is 0 Å². The summed E-state index contributed by atoms with van der Waals surface area (Å²) in [5.74, 6) is 0.635. The van der Waals surface area contributed by atoms with Crippen LogP contribution in [0.4, 0.5) is 4.79 Å². The highest BCUT2D eigenvalue weighted by Crippen LogP contribution is 2.19. The van der Waals surface area contributed by atoms with E-state index in [1.54, 1.807) is 7.11 Å². The van der Waals surface area contributed by atoms with Gasteiger partial charge >= 0.3 is 6.03 Å². The molecule has 0 aromatic rings. The highest BCUT2D eigenvalue weighted by atomic mass is 16.5. The molecule has 2 fully saturated rings. The molecule has 2 rings (SSSR count). The first kappa shape index (κ1) is 17.5. The number of hydrogen-bond acceptors (Lipinski definition) is 3. The number of hydrogen-bond donors (Lipinski definition) is 1. The van der Waals surface area contributed by atoms with Crippen LogP contribution in [0.15, 0.2) is 0 Å². The number of carbonyl (C=O) groups is 1. The molecule has 2 amide bonds. The van der Waals surface area contributed by atoms with Crippen LogP contribution in [0.5, 0.6) is 0 Å². The van der Waals surface area contributed by atoms with Gasteiger partial charge in [-0.25, -0.2) is 4.79 Å². The third kappa shape index (κ3) is 5.76. The summed E-state index contributed by atoms with van der Waals surface area (Å²) in [5, 5.41) is 3.03. The predicted molar refractivity (Wildman–Crippen MR) is 89.1 cm³/mol. The Bertz CT molecular complexity index is 330. The van der Waals surface area contributed by atoms with Gasteiger partial charge in [-0.05, 0) is 51.6 Å². The molecule has 2 aliphatic rings. The van der Waals surface area contributed by atoms with Crippen molar-refractivity contribution in [3.63, 3.8) is 0 Å². The Morgan fingerprint density at radius 2 is 1.91 bits per heavy atom. The van der Waals surface area contributed by atoms with Crippen LogP contribution in [0.1, 0.15) is 45.4 Å². The van der Waals surface area contributed by atoms with Gasteiger partial charge in [0.1, 0.15) is 0 Å². The lowest BCUT2D eigenvalue weighted by Gasteiger charge is -2.36. The first-order valence-electron chi connectivity index (χ1n) is 8.95. The van der Waals surface area contributed by atoms with Crippen molar-refractivity contribution in [2.24, 2.45) is 5.92 Å². The first-order chi connectivity index (χ1) is 10.7. The summed E-state index contributed by atoms with van der Waals surface area (Å²) in [6.45, 7) is 8.00. The molecule has 0 bridgehead atoms. The summed E-state index contributed by atoms with van der Waals surface area (Å²) in [7, 11) is 1.67. The fraction of sp³-hybridized carbons (Fsp3) is 0.941. The van der Waals surface area contributed by atoms with Gasteiger partial charge in [0.2, 0.25) is 0 Å². The Hall–Kier alpha value is -0.810. The summed E-state index contributed by atoms with van der Waals surface area (Å²) < 4.78 is 5.09. The van der Waals surface area contributed by atoms with E-state index in [9.17, 15) is 4.79 Å². The maximum absolute atomic E-state index is 12.3. The number of rotatable bonds is 5. The molecule has 5 heteroatoms. The van der Waals surface area contributed by atoms with Crippen LogP contribution in [0, 0.1) is 5.92 Å². The van der Waals surface area contributed by atoms with Gasteiger partial charge in [-0.15, -0.1) is 0 Å². The average Bonchev–Trinajstić information content (AvgIpc) is 2.76. The van der Waals surface area contributed by atoms with Gasteiger partial charge in [-0.3, -0.25) is 0 Å². The van der Waals surface area contributed by atoms with E-state index in [1.165, 1.54) is 45.2 Å². The summed E-state index contributed by atoms with van der Waals surface area (Å²) in [6, 6.07) is 0.147. The van der Waals surface area contributed by atoms with Crippen LogP contribution in [0.3, 0.4) is 0 Å². The molecule has 0 spiro atoms. The molecule has 1 N–H and O–H groups in total. The summed E-state index contributed by atoms with van der Waals surface area (Å²) in [4.78, 5) is 16.9. The van der Waals surface area contributed by atoms with Crippen molar-refractivity contribution in [1.29, 1.82) is 0 Å². The molecule has 2 atom stereocenters. The van der Waals surface area contributed by atoms with Gasteiger partial charge < -0.3 is 19.9 Å². The van der Waals surface area contributed by atoms with Gasteiger partial charge in [0, 0.05) is 26.7 Å². The van der Waals surface area contributed by atoms with Gasteiger partial charge in [0.05, 0.1) is 12.6 Å². The molecule has 128 valence electrons. The van der Waals surface area contributed by atoms with Gasteiger partial charge in [0.25, 0.3) is 0 Å². The second-order valence-corrected chi connectivity index (χ2v) is 6.97. The number of nitrogens with zero attached hydrogens (tertiary/aromatic N) is 2. The third-order valence-electron chi connectivity index (χ3n) is 4.81. The SMILES string of the molecule is COC[C@H](C)NC(=O)N1CCC[C@H](CN2CCCCCC2)C1. The lowest BCUT2D eigenvalue weighted by Crippen LogP contribution is -2.50. The number of amides is 2. The largest absolute Gasteiger partial charge is 0.383 e. The van der Waals surface area contributed by atoms with Crippen molar-refractivity contribution < 1.29 is 9.53 Å². The zero-order valence-corrected chi connectivity index (χ0v) is 14.4. The first-order valence-corrected chi connectivity index (χ1v) is 8.95. The number of likely N-dealkylation sites (tertiary alicyclic amines) is 2. The zero-order valence-electron chi connectivity index (χ0n) is 14.4. The minimum atomic E-state index is 0.0727. The molecule has 2 heterocycles. The van der Waals surface area contributed by atoms with E-state index in [-0.39, 0.29) is 12.1 Å². The molecule has 0 aliphatic carbocycles. The van der Waals surface area contributed by atoms with Gasteiger partial charge in [0.15, 0.2) is 0 Å². The third-order valence-corrected chi connectivity index (χ3v) is 4.81. The molecule has 0 aromatic heterocycles. The van der Waals surface area contributed by atoms with Crippen molar-refractivity contribution in [3.05, 3.63) is 0 Å². The van der Waals surface area contributed by atoms with Crippen molar-refractivity contribution in [2.45, 2.75) is 51.5 Å². The number of nitrogens with one attached hydrogen (secondary N) is 1. The fourth-order valence-electron chi connectivity index (χ4n) is 3.68. The van der Waals surface area contributed by atoms with Crippen LogP contribution < -0.4 is 5.32 Å². The maximum Gasteiger partial charge on any atom is 0.317 e. The van der Waals surface area contributed by atoms with Gasteiger partial charge in [-0.2, -0.15) is 0 Å². The normalized spacial score (nSPS) is 25.5. The Balaban J connectivity index is 1.76. The van der Waals surface area contributed by atoms with Crippen LogP contribution >= 0.6 is 0 Å². The number of methoxy groups -OCH3 is 1. The zero-order chi connectivity index (χ0) is 15.8. The minimum Gasteiger partial charge on any atom is -0.383 e. The fourth-order valence-corrected chi connectivity index (χ4v) is 3.68. The Morgan fingerprint density at radius 3 is 2.59 bits per heavy atom. The molecule has 2 saturated heterocycles. The maximum atomic E-state index is 12.3. The summed E-state index contributed by atoms with van der Waals surface area (Å²) in [6.07, 6.45) is 7.83. The average molecular weight is 311 g/mol. The summed E-state index contributed by atoms with van der Waals surface area (Å²) in [5.41, 5.74) is 0. The second kappa shape index (κ2) is 9.36. The van der Waals surface area contributed by atoms with Crippen LogP contribution in [0.25, 0.3) is 0 Å². The lowest BCUT2D eigenvalue weighted by molar-refractivity contribution is 0.130. The molecule has 2 aliphatic heterocycles. The van der Waals surface area contributed by atoms with E-state index >= 15 is 0 Å². The van der Waals surface area contributed by atoms with Crippen LogP contribution in [-0.2, 0) is 4.74 Å². The standard InChI is InChI=1S/C17H33N3O2/c1-15(14-22-2)18-17(21)20-11-7-8-16(13-20)12-19-9-5-3-4-6-10-19/h15-16H,3-14H2,1-2H3,(H,18,21)/t15-,16+/m0/s1. The quantitative estimate of drug-likeness (QED) is 0.847. The Labute approximate surface area is 135 Å². The number of carbonyl (C=O) groups excluding carboxylic acids is 1. The topological polar surface area (TPSA) is 44.8 Å². The lowest BCUT2D eigenvalue weighted by atomic mass is 9.97. The Morgan fingerprint density at radius 1 is 1.18 bits per heavy atom. The molecule has 0 radical (unpaired) electrons. The smallest absolute Gasteiger partial charge is 0.317 e. The van der Waals surface area contributed by atoms with E-state index in [0.717, 1.165) is 26.1 Å². The molecule has 0 aromatic carbocycles. The van der Waals surface area contributed by atoms with E-state index in [0.29, 0.717) is 12.5 Å². The molecular formula is C17H33N3O2. The minimum absolute atomic E-state index is 0.0727. The van der Waals surface area contributed by atoms with E-state index in [1.807, 2.05) is 11.8 Å². The predicted octanol–water partition coefficient (Wildman–Crippen LogP) is 2.32. The van der Waals surface area contributed by atoms with Crippen molar-refractivity contribution in [1.82, 2.24) is 15.1 Å². The molecule has 0 saturated carbocycles. The number of piperidine rings is 1. The number of urea groups is 1. The van der Waals surface area contributed by atoms with Crippen molar-refractivity contribution in [2.75, 3.05) is 46.4 Å². The summed E-state index contributed by atoms with van der Waals surface area (Å²) >= 11 is 0. The molecule has 22 heavy (non-hydrogen) atoms. The van der Waals surface area contributed by atoms with Crippen molar-refractivity contribution in [3.8, 4) is 0 Å². The van der Waals surface area contributed by atoms with E-state index in [4.69, 9.17) is 4.74 Å². The monoisotopic (exact) mass is 311 g/mol. The van der Waals surface area contributed by atoms with Crippen molar-refractivity contribution >= 4 is 6.03 Å². The number of ether oxygens (including phenoxy) is 1. The van der Waals surface area contributed by atoms with Gasteiger partial charge in [-0.1, -0.05) is 12.8 Å². The Kier molecular flexibility index (Phi) is 7.46.